The number of hydrogen-bond donors (Lipinski definition) is 3. The van der Waals surface area contributed by atoms with Crippen LogP contribution in [-0.2, 0) is 38.6 Å². The SMILES string of the molecule is Cc1ccc([S+]([O-])N(CCN(C)C)C[C@@H](O)[C@H](Cc2ccccc2)NC(=O)O[C@@H]2CO[C@@H]3OCCC[C@@H]32)cc1CO. The monoisotopic (exact) mass is 589 g/mol. The molecule has 2 aliphatic heterocycles. The van der Waals surface area contributed by atoms with E-state index in [1.54, 1.807) is 16.4 Å². The zero-order valence-corrected chi connectivity index (χ0v) is 24.9. The number of nitrogens with zero attached hydrogens (tertiary/aromatic N) is 2. The highest BCUT2D eigenvalue weighted by atomic mass is 32.2. The van der Waals surface area contributed by atoms with Crippen LogP contribution in [0, 0.1) is 12.8 Å². The quantitative estimate of drug-likeness (QED) is 0.302. The van der Waals surface area contributed by atoms with Gasteiger partial charge in [-0.1, -0.05) is 36.4 Å². The Hall–Kier alpha value is -2.22. The van der Waals surface area contributed by atoms with Crippen molar-refractivity contribution in [3.8, 4) is 0 Å². The molecule has 2 aliphatic rings. The molecule has 6 atom stereocenters. The van der Waals surface area contributed by atoms with Crippen molar-refractivity contribution in [2.75, 3.05) is 46.9 Å². The van der Waals surface area contributed by atoms with Gasteiger partial charge in [0, 0.05) is 25.1 Å². The molecule has 2 aromatic rings. The van der Waals surface area contributed by atoms with Gasteiger partial charge in [-0.05, 0) is 63.0 Å². The Kier molecular flexibility index (Phi) is 11.8. The molecule has 1 unspecified atom stereocenters. The normalized spacial score (nSPS) is 22.8. The third-order valence-electron chi connectivity index (χ3n) is 7.65. The third-order valence-corrected chi connectivity index (χ3v) is 9.11. The number of hydrogen-bond acceptors (Lipinski definition) is 9. The van der Waals surface area contributed by atoms with Gasteiger partial charge >= 0.3 is 6.09 Å². The smallest absolute Gasteiger partial charge is 0.407 e. The highest BCUT2D eigenvalue weighted by Gasteiger charge is 2.42. The molecule has 0 aromatic heterocycles. The molecular formula is C30H43N3O7S. The van der Waals surface area contributed by atoms with Gasteiger partial charge in [-0.25, -0.2) is 4.79 Å². The number of likely N-dealkylation sites (N-methyl/N-ethyl adjacent to an activating group) is 1. The Balaban J connectivity index is 1.48. The topological polar surface area (TPSA) is 127 Å². The number of fused-ring (bicyclic) bond motifs is 1. The van der Waals surface area contributed by atoms with Crippen molar-refractivity contribution in [1.29, 1.82) is 0 Å². The van der Waals surface area contributed by atoms with Crippen molar-refractivity contribution in [3.05, 3.63) is 65.2 Å². The maximum Gasteiger partial charge on any atom is 0.407 e. The van der Waals surface area contributed by atoms with Gasteiger partial charge in [-0.2, -0.15) is 0 Å². The van der Waals surface area contributed by atoms with Crippen molar-refractivity contribution in [2.24, 2.45) is 5.92 Å². The van der Waals surface area contributed by atoms with Crippen LogP contribution in [0.15, 0.2) is 53.4 Å². The summed E-state index contributed by atoms with van der Waals surface area (Å²) >= 11 is -1.60. The molecule has 2 saturated heterocycles. The molecule has 0 spiro atoms. The first-order chi connectivity index (χ1) is 19.7. The minimum absolute atomic E-state index is 0.00531. The van der Waals surface area contributed by atoms with Gasteiger partial charge in [0.25, 0.3) is 0 Å². The van der Waals surface area contributed by atoms with E-state index >= 15 is 0 Å². The van der Waals surface area contributed by atoms with E-state index in [9.17, 15) is 19.6 Å². The Morgan fingerprint density at radius 2 is 1.98 bits per heavy atom. The van der Waals surface area contributed by atoms with Gasteiger partial charge in [0.2, 0.25) is 0 Å². The average molecular weight is 590 g/mol. The molecule has 4 rings (SSSR count). The molecule has 226 valence electrons. The van der Waals surface area contributed by atoms with Gasteiger partial charge in [0.15, 0.2) is 11.2 Å². The fraction of sp³-hybridized carbons (Fsp3) is 0.567. The second-order valence-electron chi connectivity index (χ2n) is 11.0. The van der Waals surface area contributed by atoms with E-state index < -0.39 is 35.7 Å². The summed E-state index contributed by atoms with van der Waals surface area (Å²) in [5.74, 6) is -0.00531. The van der Waals surface area contributed by atoms with Crippen molar-refractivity contribution < 1.29 is 33.8 Å². The van der Waals surface area contributed by atoms with Gasteiger partial charge in [0.1, 0.15) is 6.10 Å². The lowest BCUT2D eigenvalue weighted by molar-refractivity contribution is -0.152. The van der Waals surface area contributed by atoms with Crippen molar-refractivity contribution in [2.45, 2.75) is 62.2 Å². The molecule has 2 heterocycles. The third kappa shape index (κ3) is 8.89. The fourth-order valence-corrected chi connectivity index (χ4v) is 6.45. The van der Waals surface area contributed by atoms with Crippen LogP contribution in [0.2, 0.25) is 0 Å². The summed E-state index contributed by atoms with van der Waals surface area (Å²) in [7, 11) is 3.86. The molecule has 2 fully saturated rings. The molecule has 0 radical (unpaired) electrons. The van der Waals surface area contributed by atoms with E-state index in [0.29, 0.717) is 36.6 Å². The highest BCUT2D eigenvalue weighted by Crippen LogP contribution is 2.32. The van der Waals surface area contributed by atoms with E-state index in [0.717, 1.165) is 24.0 Å². The van der Waals surface area contributed by atoms with Crippen LogP contribution in [0.4, 0.5) is 4.79 Å². The minimum Gasteiger partial charge on any atom is -0.593 e. The van der Waals surface area contributed by atoms with Crippen molar-refractivity contribution in [1.82, 2.24) is 14.5 Å². The average Bonchev–Trinajstić information content (AvgIpc) is 3.37. The molecule has 11 heteroatoms. The number of aliphatic hydroxyl groups excluding tert-OH is 2. The van der Waals surface area contributed by atoms with Crippen LogP contribution in [0.5, 0.6) is 0 Å². The Bertz CT molecular complexity index is 1110. The summed E-state index contributed by atoms with van der Waals surface area (Å²) in [5.41, 5.74) is 2.56. The Labute approximate surface area is 245 Å². The number of rotatable bonds is 13. The summed E-state index contributed by atoms with van der Waals surface area (Å²) in [5, 5.41) is 24.1. The van der Waals surface area contributed by atoms with Gasteiger partial charge < -0.3 is 39.2 Å². The number of carbonyl (C=O) groups is 1. The number of alkyl carbamates (subject to hydrolysis) is 1. The second kappa shape index (κ2) is 15.3. The van der Waals surface area contributed by atoms with Crippen LogP contribution in [-0.4, -0.2) is 102 Å². The molecule has 0 bridgehead atoms. The van der Waals surface area contributed by atoms with Gasteiger partial charge in [-0.3, -0.25) is 0 Å². The Morgan fingerprint density at radius 1 is 1.20 bits per heavy atom. The van der Waals surface area contributed by atoms with Gasteiger partial charge in [-0.15, -0.1) is 4.31 Å². The van der Waals surface area contributed by atoms with Gasteiger partial charge in [0.05, 0.1) is 49.8 Å². The van der Waals surface area contributed by atoms with E-state index in [4.69, 9.17) is 14.2 Å². The first-order valence-electron chi connectivity index (χ1n) is 14.2. The minimum atomic E-state index is -1.60. The standard InChI is InChI=1S/C30H43N3O7S/c1-21-11-12-24(17-23(21)19-34)41(37)33(14-13-32(2)3)18-27(35)26(16-22-8-5-4-6-9-22)31-30(36)40-28-20-39-29-25(28)10-7-15-38-29/h4-6,8-9,11-12,17,25-29,34-35H,7,10,13-16,18-20H2,1-3H3,(H,31,36)/t25-,26+,27-,28-,29+,41?/m1/s1. The number of aliphatic hydroxyl groups is 2. The maximum absolute atomic E-state index is 13.7. The molecule has 10 nitrogen and oxygen atoms in total. The fourth-order valence-electron chi connectivity index (χ4n) is 5.19. The lowest BCUT2D eigenvalue weighted by atomic mass is 9.97. The number of carbonyl (C=O) groups excluding carboxylic acids is 1. The second-order valence-corrected chi connectivity index (χ2v) is 12.5. The maximum atomic E-state index is 13.7. The number of ether oxygens (including phenoxy) is 3. The number of amides is 1. The summed E-state index contributed by atoms with van der Waals surface area (Å²) in [6.07, 6.45) is -0.327. The summed E-state index contributed by atoms with van der Waals surface area (Å²) < 4.78 is 32.5. The van der Waals surface area contributed by atoms with Crippen LogP contribution >= 0.6 is 0 Å². The lowest BCUT2D eigenvalue weighted by Crippen LogP contribution is -2.52. The summed E-state index contributed by atoms with van der Waals surface area (Å²) in [6, 6.07) is 14.3. The van der Waals surface area contributed by atoms with Crippen molar-refractivity contribution in [3.63, 3.8) is 0 Å². The molecule has 0 aliphatic carbocycles. The molecule has 41 heavy (non-hydrogen) atoms. The number of benzene rings is 2. The zero-order valence-electron chi connectivity index (χ0n) is 24.1. The van der Waals surface area contributed by atoms with Crippen molar-refractivity contribution >= 4 is 17.5 Å². The number of aryl methyl sites for hydroxylation is 1. The lowest BCUT2D eigenvalue weighted by Gasteiger charge is -2.31. The summed E-state index contributed by atoms with van der Waals surface area (Å²) in [6.45, 7) is 3.74. The molecule has 3 N–H and O–H groups in total. The predicted molar refractivity (Wildman–Crippen MR) is 155 cm³/mol. The summed E-state index contributed by atoms with van der Waals surface area (Å²) in [4.78, 5) is 15.6. The Morgan fingerprint density at radius 3 is 2.71 bits per heavy atom. The van der Waals surface area contributed by atoms with Crippen LogP contribution < -0.4 is 5.32 Å². The molecule has 0 saturated carbocycles. The molecule has 2 aromatic carbocycles. The molecule has 1 amide bonds. The highest BCUT2D eigenvalue weighted by molar-refractivity contribution is 7.89. The first kappa shape index (κ1) is 31.7. The largest absolute Gasteiger partial charge is 0.593 e. The van der Waals surface area contributed by atoms with Crippen LogP contribution in [0.1, 0.15) is 29.5 Å². The first-order valence-corrected chi connectivity index (χ1v) is 15.3. The zero-order chi connectivity index (χ0) is 29.4. The molecular weight excluding hydrogens is 546 g/mol. The number of nitrogens with one attached hydrogen (secondary N) is 1. The van der Waals surface area contributed by atoms with E-state index in [2.05, 4.69) is 5.32 Å². The van der Waals surface area contributed by atoms with E-state index in [1.165, 1.54) is 0 Å². The predicted octanol–water partition coefficient (Wildman–Crippen LogP) is 2.22. The van der Waals surface area contributed by atoms with E-state index in [1.807, 2.05) is 62.3 Å². The van der Waals surface area contributed by atoms with E-state index in [-0.39, 0.29) is 32.0 Å². The van der Waals surface area contributed by atoms with Crippen LogP contribution in [0.25, 0.3) is 0 Å². The van der Waals surface area contributed by atoms with Crippen LogP contribution in [0.3, 0.4) is 0 Å².